The maximum absolute atomic E-state index is 13.4. The topological polar surface area (TPSA) is 74.5 Å². The van der Waals surface area contributed by atoms with Gasteiger partial charge in [-0.05, 0) is 23.8 Å². The fraction of sp³-hybridized carbons (Fsp3) is 0.304. The van der Waals surface area contributed by atoms with Crippen molar-refractivity contribution < 1.29 is 13.6 Å². The van der Waals surface area contributed by atoms with Crippen molar-refractivity contribution in [3.8, 4) is 0 Å². The summed E-state index contributed by atoms with van der Waals surface area (Å²) < 4.78 is 26.5. The number of aromatic nitrogens is 1. The van der Waals surface area contributed by atoms with E-state index in [1.807, 2.05) is 30.3 Å². The molecule has 0 saturated carbocycles. The van der Waals surface area contributed by atoms with Crippen LogP contribution < -0.4 is 16.0 Å². The number of rotatable bonds is 6. The largest absolute Gasteiger partial charge is 0.383 e. The van der Waals surface area contributed by atoms with Crippen LogP contribution in [-0.4, -0.2) is 55.1 Å². The molecule has 1 aliphatic heterocycles. The SMILES string of the molecule is NCCNc1cc(N2CCN(C(=O)Cc3ccc(F)c(F)c3)CC2)nc2ccccc12. The number of pyridine rings is 1. The number of carbonyl (C=O) groups excluding carboxylic acids is 1. The number of nitrogens with zero attached hydrogens (tertiary/aromatic N) is 3. The van der Waals surface area contributed by atoms with Gasteiger partial charge in [-0.3, -0.25) is 4.79 Å². The molecule has 1 aromatic heterocycles. The summed E-state index contributed by atoms with van der Waals surface area (Å²) in [6.07, 6.45) is 0.0541. The molecule has 1 amide bonds. The number of nitrogens with two attached hydrogens (primary N) is 1. The third-order valence-electron chi connectivity index (χ3n) is 5.46. The second kappa shape index (κ2) is 9.26. The molecule has 1 saturated heterocycles. The Morgan fingerprint density at radius 1 is 1.03 bits per heavy atom. The van der Waals surface area contributed by atoms with Crippen LogP contribution in [0.25, 0.3) is 10.9 Å². The molecule has 3 N–H and O–H groups in total. The molecule has 1 fully saturated rings. The summed E-state index contributed by atoms with van der Waals surface area (Å²) in [4.78, 5) is 21.3. The first kappa shape index (κ1) is 21.0. The van der Waals surface area contributed by atoms with Crippen molar-refractivity contribution in [1.29, 1.82) is 0 Å². The van der Waals surface area contributed by atoms with Crippen molar-refractivity contribution >= 4 is 28.3 Å². The number of carbonyl (C=O) groups is 1. The maximum Gasteiger partial charge on any atom is 0.227 e. The standard InChI is InChI=1S/C23H25F2N5O/c24-18-6-5-16(13-19(18)25)14-23(31)30-11-9-29(10-12-30)22-15-21(27-8-7-26)17-3-1-2-4-20(17)28-22/h1-6,13,15H,7-12,14,26H2,(H,27,28). The number of anilines is 2. The van der Waals surface area contributed by atoms with Gasteiger partial charge in [0.15, 0.2) is 11.6 Å². The Kier molecular flexibility index (Phi) is 6.27. The third kappa shape index (κ3) is 4.74. The highest BCUT2D eigenvalue weighted by Gasteiger charge is 2.23. The summed E-state index contributed by atoms with van der Waals surface area (Å²) in [6, 6.07) is 13.6. The van der Waals surface area contributed by atoms with E-state index >= 15 is 0 Å². The highest BCUT2D eigenvalue weighted by molar-refractivity contribution is 5.93. The van der Waals surface area contributed by atoms with Crippen LogP contribution in [0.3, 0.4) is 0 Å². The summed E-state index contributed by atoms with van der Waals surface area (Å²) in [6.45, 7) is 3.58. The zero-order valence-corrected chi connectivity index (χ0v) is 17.2. The molecule has 0 atom stereocenters. The molecule has 3 aromatic rings. The molecule has 162 valence electrons. The summed E-state index contributed by atoms with van der Waals surface area (Å²) in [7, 11) is 0. The predicted molar refractivity (Wildman–Crippen MR) is 118 cm³/mol. The zero-order valence-electron chi connectivity index (χ0n) is 17.2. The first-order chi connectivity index (χ1) is 15.0. The summed E-state index contributed by atoms with van der Waals surface area (Å²) in [5.74, 6) is -1.09. The first-order valence-corrected chi connectivity index (χ1v) is 10.4. The van der Waals surface area contributed by atoms with E-state index in [0.29, 0.717) is 44.8 Å². The van der Waals surface area contributed by atoms with E-state index in [1.54, 1.807) is 4.90 Å². The number of piperazine rings is 1. The maximum atomic E-state index is 13.4. The van der Waals surface area contributed by atoms with Crippen molar-refractivity contribution in [2.45, 2.75) is 6.42 Å². The molecule has 8 heteroatoms. The molecule has 31 heavy (non-hydrogen) atoms. The molecule has 1 aliphatic rings. The van der Waals surface area contributed by atoms with Crippen LogP contribution in [-0.2, 0) is 11.2 Å². The van der Waals surface area contributed by atoms with Crippen LogP contribution in [0.15, 0.2) is 48.5 Å². The van der Waals surface area contributed by atoms with E-state index in [0.717, 1.165) is 34.5 Å². The summed E-state index contributed by atoms with van der Waals surface area (Å²) in [5.41, 5.74) is 8.01. The van der Waals surface area contributed by atoms with Gasteiger partial charge in [0.1, 0.15) is 5.82 Å². The lowest BCUT2D eigenvalue weighted by atomic mass is 10.1. The summed E-state index contributed by atoms with van der Waals surface area (Å²) in [5, 5.41) is 4.41. The van der Waals surface area contributed by atoms with E-state index in [1.165, 1.54) is 6.07 Å². The molecule has 2 aromatic carbocycles. The zero-order chi connectivity index (χ0) is 21.8. The second-order valence-corrected chi connectivity index (χ2v) is 7.55. The lowest BCUT2D eigenvalue weighted by molar-refractivity contribution is -0.130. The molecule has 0 bridgehead atoms. The quantitative estimate of drug-likeness (QED) is 0.635. The molecular weight excluding hydrogens is 400 g/mol. The van der Waals surface area contributed by atoms with Gasteiger partial charge in [-0.2, -0.15) is 0 Å². The Bertz CT molecular complexity index is 1080. The minimum absolute atomic E-state index is 0.0541. The lowest BCUT2D eigenvalue weighted by Gasteiger charge is -2.35. The normalized spacial score (nSPS) is 14.2. The number of para-hydroxylation sites is 1. The molecule has 4 rings (SSSR count). The Morgan fingerprint density at radius 2 is 1.81 bits per heavy atom. The van der Waals surface area contributed by atoms with Crippen molar-refractivity contribution in [2.24, 2.45) is 5.73 Å². The van der Waals surface area contributed by atoms with Crippen molar-refractivity contribution in [3.05, 3.63) is 65.7 Å². The van der Waals surface area contributed by atoms with E-state index in [4.69, 9.17) is 10.7 Å². The first-order valence-electron chi connectivity index (χ1n) is 10.4. The van der Waals surface area contributed by atoms with Crippen LogP contribution in [0.2, 0.25) is 0 Å². The van der Waals surface area contributed by atoms with Crippen molar-refractivity contribution in [3.63, 3.8) is 0 Å². The number of hydrogen-bond acceptors (Lipinski definition) is 5. The minimum Gasteiger partial charge on any atom is -0.383 e. The smallest absolute Gasteiger partial charge is 0.227 e. The third-order valence-corrected chi connectivity index (χ3v) is 5.46. The number of nitrogens with one attached hydrogen (secondary N) is 1. The van der Waals surface area contributed by atoms with Gasteiger partial charge in [-0.1, -0.05) is 24.3 Å². The molecule has 0 radical (unpaired) electrons. The Labute approximate surface area is 179 Å². The Balaban J connectivity index is 1.44. The van der Waals surface area contributed by atoms with Crippen LogP contribution in [0.1, 0.15) is 5.56 Å². The molecule has 0 unspecified atom stereocenters. The van der Waals surface area contributed by atoms with Crippen LogP contribution in [0, 0.1) is 11.6 Å². The van der Waals surface area contributed by atoms with E-state index in [9.17, 15) is 13.6 Å². The van der Waals surface area contributed by atoms with E-state index in [-0.39, 0.29) is 12.3 Å². The second-order valence-electron chi connectivity index (χ2n) is 7.55. The lowest BCUT2D eigenvalue weighted by Crippen LogP contribution is -2.49. The van der Waals surface area contributed by atoms with Crippen molar-refractivity contribution in [1.82, 2.24) is 9.88 Å². The van der Waals surface area contributed by atoms with Gasteiger partial charge in [-0.15, -0.1) is 0 Å². The average Bonchev–Trinajstić information content (AvgIpc) is 2.79. The number of halogens is 2. The highest BCUT2D eigenvalue weighted by Crippen LogP contribution is 2.27. The van der Waals surface area contributed by atoms with Gasteiger partial charge < -0.3 is 20.9 Å². The molecule has 0 aliphatic carbocycles. The summed E-state index contributed by atoms with van der Waals surface area (Å²) >= 11 is 0. The van der Waals surface area contributed by atoms with E-state index in [2.05, 4.69) is 10.2 Å². The molecule has 0 spiro atoms. The van der Waals surface area contributed by atoms with E-state index < -0.39 is 11.6 Å². The Morgan fingerprint density at radius 3 is 2.55 bits per heavy atom. The molecule has 6 nitrogen and oxygen atoms in total. The van der Waals surface area contributed by atoms with Gasteiger partial charge in [0.2, 0.25) is 5.91 Å². The monoisotopic (exact) mass is 425 g/mol. The number of hydrogen-bond donors (Lipinski definition) is 2. The van der Waals surface area contributed by atoms with Crippen LogP contribution >= 0.6 is 0 Å². The van der Waals surface area contributed by atoms with Gasteiger partial charge >= 0.3 is 0 Å². The Hall–Kier alpha value is -3.26. The fourth-order valence-electron chi connectivity index (χ4n) is 3.80. The van der Waals surface area contributed by atoms with Crippen LogP contribution in [0.5, 0.6) is 0 Å². The minimum atomic E-state index is -0.934. The number of amides is 1. The van der Waals surface area contributed by atoms with Gasteiger partial charge in [0.05, 0.1) is 11.9 Å². The van der Waals surface area contributed by atoms with Gasteiger partial charge in [-0.25, -0.2) is 13.8 Å². The number of fused-ring (bicyclic) bond motifs is 1. The molecule has 2 heterocycles. The molecular formula is C23H25F2N5O. The van der Waals surface area contributed by atoms with Crippen LogP contribution in [0.4, 0.5) is 20.3 Å². The predicted octanol–water partition coefficient (Wildman–Crippen LogP) is 2.77. The highest BCUT2D eigenvalue weighted by atomic mass is 19.2. The number of benzene rings is 2. The van der Waals surface area contributed by atoms with Crippen molar-refractivity contribution in [2.75, 3.05) is 49.5 Å². The average molecular weight is 425 g/mol. The van der Waals surface area contributed by atoms with Gasteiger partial charge in [0, 0.05) is 56.4 Å². The fourth-order valence-corrected chi connectivity index (χ4v) is 3.80. The van der Waals surface area contributed by atoms with Gasteiger partial charge in [0.25, 0.3) is 0 Å².